The van der Waals surface area contributed by atoms with Crippen LogP contribution in [0.4, 0.5) is 0 Å². The molecule has 4 heteroatoms. The molecule has 0 saturated heterocycles. The topological polar surface area (TPSA) is 55.1 Å². The van der Waals surface area contributed by atoms with Gasteiger partial charge in [-0.2, -0.15) is 0 Å². The van der Waals surface area contributed by atoms with E-state index in [4.69, 9.17) is 4.42 Å². The van der Waals surface area contributed by atoms with Crippen molar-refractivity contribution in [1.29, 1.82) is 0 Å². The number of oxazole rings is 1. The van der Waals surface area contributed by atoms with Crippen LogP contribution in [0.3, 0.4) is 0 Å². The predicted octanol–water partition coefficient (Wildman–Crippen LogP) is 2.92. The Hall–Kier alpha value is -1.84. The summed E-state index contributed by atoms with van der Waals surface area (Å²) in [5.41, 5.74) is 1.66. The van der Waals surface area contributed by atoms with E-state index in [-0.39, 0.29) is 11.8 Å². The molecule has 0 fully saturated rings. The van der Waals surface area contributed by atoms with Crippen LogP contribution in [-0.2, 0) is 11.2 Å². The van der Waals surface area contributed by atoms with Gasteiger partial charge in [0.1, 0.15) is 5.52 Å². The molecule has 1 amide bonds. The quantitative estimate of drug-likeness (QED) is 0.868. The van der Waals surface area contributed by atoms with Crippen LogP contribution in [0.15, 0.2) is 28.7 Å². The highest BCUT2D eigenvalue weighted by Crippen LogP contribution is 2.14. The van der Waals surface area contributed by atoms with Gasteiger partial charge in [-0.15, -0.1) is 0 Å². The SMILES string of the molecule is CCC(CC)C(=O)NCCc1nc2ccccc2o1. The van der Waals surface area contributed by atoms with Gasteiger partial charge >= 0.3 is 0 Å². The molecule has 1 aromatic carbocycles. The summed E-state index contributed by atoms with van der Waals surface area (Å²) < 4.78 is 5.60. The third-order valence-electron chi connectivity index (χ3n) is 3.33. The number of carbonyl (C=O) groups is 1. The summed E-state index contributed by atoms with van der Waals surface area (Å²) in [6.45, 7) is 4.64. The Labute approximate surface area is 113 Å². The van der Waals surface area contributed by atoms with Gasteiger partial charge in [0.15, 0.2) is 11.5 Å². The van der Waals surface area contributed by atoms with E-state index in [9.17, 15) is 4.79 Å². The number of benzene rings is 1. The number of rotatable bonds is 6. The van der Waals surface area contributed by atoms with Crippen molar-refractivity contribution in [3.05, 3.63) is 30.2 Å². The lowest BCUT2D eigenvalue weighted by Gasteiger charge is -2.11. The number of hydrogen-bond donors (Lipinski definition) is 1. The third-order valence-corrected chi connectivity index (χ3v) is 3.33. The molecule has 4 nitrogen and oxygen atoms in total. The largest absolute Gasteiger partial charge is 0.441 e. The highest BCUT2D eigenvalue weighted by Gasteiger charge is 2.13. The molecule has 0 saturated carbocycles. The summed E-state index contributed by atoms with van der Waals surface area (Å²) in [5.74, 6) is 0.913. The first-order valence-corrected chi connectivity index (χ1v) is 6.86. The van der Waals surface area contributed by atoms with Crippen molar-refractivity contribution < 1.29 is 9.21 Å². The molecule has 102 valence electrons. The van der Waals surface area contributed by atoms with Crippen LogP contribution in [0.5, 0.6) is 0 Å². The highest BCUT2D eigenvalue weighted by molar-refractivity contribution is 5.78. The zero-order chi connectivity index (χ0) is 13.7. The van der Waals surface area contributed by atoms with Crippen molar-refractivity contribution in [2.45, 2.75) is 33.1 Å². The summed E-state index contributed by atoms with van der Waals surface area (Å²) >= 11 is 0. The maximum atomic E-state index is 11.8. The monoisotopic (exact) mass is 260 g/mol. The second-order valence-corrected chi connectivity index (χ2v) is 4.63. The Bertz CT molecular complexity index is 511. The second-order valence-electron chi connectivity index (χ2n) is 4.63. The molecule has 1 heterocycles. The van der Waals surface area contributed by atoms with E-state index in [2.05, 4.69) is 10.3 Å². The van der Waals surface area contributed by atoms with Crippen LogP contribution in [0.1, 0.15) is 32.6 Å². The average molecular weight is 260 g/mol. The summed E-state index contributed by atoms with van der Waals surface area (Å²) in [5, 5.41) is 2.94. The maximum absolute atomic E-state index is 11.8. The van der Waals surface area contributed by atoms with Gasteiger partial charge in [-0.1, -0.05) is 26.0 Å². The Morgan fingerprint density at radius 2 is 2.05 bits per heavy atom. The number of aromatic nitrogens is 1. The summed E-state index contributed by atoms with van der Waals surface area (Å²) in [7, 11) is 0. The van der Waals surface area contributed by atoms with E-state index in [1.165, 1.54) is 0 Å². The molecule has 0 aliphatic rings. The molecule has 0 aliphatic heterocycles. The van der Waals surface area contributed by atoms with E-state index in [1.54, 1.807) is 0 Å². The fraction of sp³-hybridized carbons (Fsp3) is 0.467. The third kappa shape index (κ3) is 3.34. The van der Waals surface area contributed by atoms with Crippen LogP contribution in [0.2, 0.25) is 0 Å². The zero-order valence-corrected chi connectivity index (χ0v) is 11.5. The molecule has 0 unspecified atom stereocenters. The van der Waals surface area contributed by atoms with Gasteiger partial charge in [0.05, 0.1) is 0 Å². The molecule has 0 aliphatic carbocycles. The van der Waals surface area contributed by atoms with Gasteiger partial charge in [0.2, 0.25) is 5.91 Å². The van der Waals surface area contributed by atoms with Crippen molar-refractivity contribution in [1.82, 2.24) is 10.3 Å². The van der Waals surface area contributed by atoms with Gasteiger partial charge < -0.3 is 9.73 Å². The summed E-state index contributed by atoms with van der Waals surface area (Å²) in [6, 6.07) is 7.68. The van der Waals surface area contributed by atoms with Gasteiger partial charge in [0.25, 0.3) is 0 Å². The Balaban J connectivity index is 1.87. The lowest BCUT2D eigenvalue weighted by molar-refractivity contribution is -0.125. The fourth-order valence-corrected chi connectivity index (χ4v) is 2.12. The smallest absolute Gasteiger partial charge is 0.223 e. The van der Waals surface area contributed by atoms with Gasteiger partial charge in [-0.3, -0.25) is 4.79 Å². The zero-order valence-electron chi connectivity index (χ0n) is 11.5. The number of hydrogen-bond acceptors (Lipinski definition) is 3. The maximum Gasteiger partial charge on any atom is 0.223 e. The molecule has 19 heavy (non-hydrogen) atoms. The molecule has 0 atom stereocenters. The molecule has 0 spiro atoms. The first kappa shape index (κ1) is 13.6. The fourth-order valence-electron chi connectivity index (χ4n) is 2.12. The summed E-state index contributed by atoms with van der Waals surface area (Å²) in [6.07, 6.45) is 2.39. The Kier molecular flexibility index (Phi) is 4.55. The molecule has 1 N–H and O–H groups in total. The first-order valence-electron chi connectivity index (χ1n) is 6.86. The van der Waals surface area contributed by atoms with Crippen molar-refractivity contribution in [3.8, 4) is 0 Å². The standard InChI is InChI=1S/C15H20N2O2/c1-3-11(4-2)15(18)16-10-9-14-17-12-7-5-6-8-13(12)19-14/h5-8,11H,3-4,9-10H2,1-2H3,(H,16,18). The number of carbonyl (C=O) groups excluding carboxylic acids is 1. The summed E-state index contributed by atoms with van der Waals surface area (Å²) in [4.78, 5) is 16.2. The predicted molar refractivity (Wildman–Crippen MR) is 74.8 cm³/mol. The van der Waals surface area contributed by atoms with Crippen LogP contribution < -0.4 is 5.32 Å². The number of fused-ring (bicyclic) bond motifs is 1. The van der Waals surface area contributed by atoms with E-state index in [1.807, 2.05) is 38.1 Å². The lowest BCUT2D eigenvalue weighted by Crippen LogP contribution is -2.31. The van der Waals surface area contributed by atoms with Gasteiger partial charge in [-0.25, -0.2) is 4.98 Å². The second kappa shape index (κ2) is 6.36. The van der Waals surface area contributed by atoms with Crippen LogP contribution in [0, 0.1) is 5.92 Å². The van der Waals surface area contributed by atoms with Gasteiger partial charge in [-0.05, 0) is 25.0 Å². The average Bonchev–Trinajstić information content (AvgIpc) is 2.82. The molecular formula is C15H20N2O2. The van der Waals surface area contributed by atoms with Crippen LogP contribution >= 0.6 is 0 Å². The highest BCUT2D eigenvalue weighted by atomic mass is 16.3. The lowest BCUT2D eigenvalue weighted by atomic mass is 10.0. The Morgan fingerprint density at radius 1 is 1.32 bits per heavy atom. The number of amides is 1. The normalized spacial score (nSPS) is 11.1. The number of nitrogens with one attached hydrogen (secondary N) is 1. The van der Waals surface area contributed by atoms with Crippen molar-refractivity contribution in [3.63, 3.8) is 0 Å². The van der Waals surface area contributed by atoms with Crippen LogP contribution in [0.25, 0.3) is 11.1 Å². The Morgan fingerprint density at radius 3 is 2.74 bits per heavy atom. The van der Waals surface area contributed by atoms with E-state index >= 15 is 0 Å². The van der Waals surface area contributed by atoms with Crippen molar-refractivity contribution in [2.75, 3.05) is 6.54 Å². The molecule has 0 radical (unpaired) electrons. The molecule has 2 aromatic rings. The first-order chi connectivity index (χ1) is 9.24. The molecule has 2 rings (SSSR count). The molecule has 0 bridgehead atoms. The van der Waals surface area contributed by atoms with E-state index in [0.717, 1.165) is 23.9 Å². The minimum Gasteiger partial charge on any atom is -0.441 e. The van der Waals surface area contributed by atoms with Crippen molar-refractivity contribution >= 4 is 17.0 Å². The number of nitrogens with zero attached hydrogens (tertiary/aromatic N) is 1. The van der Waals surface area contributed by atoms with E-state index in [0.29, 0.717) is 18.9 Å². The van der Waals surface area contributed by atoms with Gasteiger partial charge in [0, 0.05) is 18.9 Å². The number of para-hydroxylation sites is 2. The van der Waals surface area contributed by atoms with E-state index < -0.39 is 0 Å². The minimum atomic E-state index is 0.114. The van der Waals surface area contributed by atoms with Crippen molar-refractivity contribution in [2.24, 2.45) is 5.92 Å². The molecule has 1 aromatic heterocycles. The van der Waals surface area contributed by atoms with Crippen LogP contribution in [-0.4, -0.2) is 17.4 Å². The molecular weight excluding hydrogens is 240 g/mol. The minimum absolute atomic E-state index is 0.114.